The van der Waals surface area contributed by atoms with Gasteiger partial charge in [-0.3, -0.25) is 4.79 Å². The minimum Gasteiger partial charge on any atom is -0.326 e. The maximum Gasteiger partial charge on any atom is 0.224 e. The van der Waals surface area contributed by atoms with E-state index in [9.17, 15) is 4.79 Å². The molecule has 0 heterocycles. The lowest BCUT2D eigenvalue weighted by Gasteiger charge is -2.13. The normalized spacial score (nSPS) is 11.9. The summed E-state index contributed by atoms with van der Waals surface area (Å²) >= 11 is 2.27. The SMILES string of the molecule is Cc1cc(I)ccc1NC(=O)CC(C)c1ccccc1. The van der Waals surface area contributed by atoms with E-state index in [1.807, 2.05) is 37.3 Å². The molecule has 20 heavy (non-hydrogen) atoms. The van der Waals surface area contributed by atoms with Gasteiger partial charge < -0.3 is 5.32 Å². The van der Waals surface area contributed by atoms with Crippen molar-refractivity contribution >= 4 is 34.2 Å². The highest BCUT2D eigenvalue weighted by Crippen LogP contribution is 2.21. The van der Waals surface area contributed by atoms with Crippen molar-refractivity contribution < 1.29 is 4.79 Å². The first-order chi connectivity index (χ1) is 9.56. The summed E-state index contributed by atoms with van der Waals surface area (Å²) in [5.41, 5.74) is 3.19. The van der Waals surface area contributed by atoms with Crippen LogP contribution in [0.1, 0.15) is 30.4 Å². The lowest BCUT2D eigenvalue weighted by atomic mass is 9.97. The van der Waals surface area contributed by atoms with Gasteiger partial charge >= 0.3 is 0 Å². The van der Waals surface area contributed by atoms with Crippen molar-refractivity contribution in [3.63, 3.8) is 0 Å². The molecule has 3 heteroatoms. The van der Waals surface area contributed by atoms with Crippen LogP contribution in [0.3, 0.4) is 0 Å². The van der Waals surface area contributed by atoms with Crippen LogP contribution in [-0.4, -0.2) is 5.91 Å². The second-order valence-electron chi connectivity index (χ2n) is 5.02. The molecule has 2 rings (SSSR count). The summed E-state index contributed by atoms with van der Waals surface area (Å²) in [4.78, 5) is 12.1. The van der Waals surface area contributed by atoms with Crippen LogP contribution >= 0.6 is 22.6 Å². The summed E-state index contributed by atoms with van der Waals surface area (Å²) in [6.07, 6.45) is 0.495. The third-order valence-electron chi connectivity index (χ3n) is 3.32. The van der Waals surface area contributed by atoms with Crippen LogP contribution in [0.4, 0.5) is 5.69 Å². The zero-order valence-electron chi connectivity index (χ0n) is 11.7. The first kappa shape index (κ1) is 15.0. The van der Waals surface area contributed by atoms with Crippen LogP contribution in [0.25, 0.3) is 0 Å². The molecule has 1 N–H and O–H groups in total. The maximum atomic E-state index is 12.1. The van der Waals surface area contributed by atoms with Crippen molar-refractivity contribution in [1.29, 1.82) is 0 Å². The highest BCUT2D eigenvalue weighted by molar-refractivity contribution is 14.1. The van der Waals surface area contributed by atoms with E-state index in [4.69, 9.17) is 0 Å². The Hall–Kier alpha value is -1.36. The summed E-state index contributed by atoms with van der Waals surface area (Å²) in [6.45, 7) is 4.09. The fourth-order valence-corrected chi connectivity index (χ4v) is 2.79. The molecule has 1 amide bonds. The van der Waals surface area contributed by atoms with E-state index in [1.165, 1.54) is 9.13 Å². The van der Waals surface area contributed by atoms with Gasteiger partial charge in [-0.1, -0.05) is 37.3 Å². The van der Waals surface area contributed by atoms with Gasteiger partial charge in [0.25, 0.3) is 0 Å². The van der Waals surface area contributed by atoms with Crippen molar-refractivity contribution in [3.8, 4) is 0 Å². The monoisotopic (exact) mass is 379 g/mol. The third-order valence-corrected chi connectivity index (χ3v) is 3.99. The maximum absolute atomic E-state index is 12.1. The lowest BCUT2D eigenvalue weighted by Crippen LogP contribution is -2.15. The number of nitrogens with one attached hydrogen (secondary N) is 1. The van der Waals surface area contributed by atoms with Gasteiger partial charge in [-0.15, -0.1) is 0 Å². The van der Waals surface area contributed by atoms with Crippen LogP contribution in [0.15, 0.2) is 48.5 Å². The molecule has 0 spiro atoms. The van der Waals surface area contributed by atoms with Crippen molar-refractivity contribution in [2.75, 3.05) is 5.32 Å². The van der Waals surface area contributed by atoms with E-state index in [-0.39, 0.29) is 11.8 Å². The summed E-state index contributed by atoms with van der Waals surface area (Å²) in [7, 11) is 0. The first-order valence-corrected chi connectivity index (χ1v) is 7.75. The van der Waals surface area contributed by atoms with Crippen LogP contribution < -0.4 is 5.32 Å². The van der Waals surface area contributed by atoms with Gasteiger partial charge in [0.2, 0.25) is 5.91 Å². The van der Waals surface area contributed by atoms with Gasteiger partial charge in [0.05, 0.1) is 0 Å². The average Bonchev–Trinajstić information content (AvgIpc) is 2.43. The Kier molecular flexibility index (Phi) is 5.17. The molecule has 2 aromatic rings. The van der Waals surface area contributed by atoms with E-state index >= 15 is 0 Å². The smallest absolute Gasteiger partial charge is 0.224 e. The molecule has 0 radical (unpaired) electrons. The largest absolute Gasteiger partial charge is 0.326 e. The zero-order chi connectivity index (χ0) is 14.5. The van der Waals surface area contributed by atoms with Crippen molar-refractivity contribution in [2.45, 2.75) is 26.2 Å². The fraction of sp³-hybridized carbons (Fsp3) is 0.235. The number of amides is 1. The van der Waals surface area contributed by atoms with Crippen molar-refractivity contribution in [2.24, 2.45) is 0 Å². The number of anilines is 1. The standard InChI is InChI=1S/C17H18INO/c1-12(14-6-4-3-5-7-14)11-17(20)19-16-9-8-15(18)10-13(16)2/h3-10,12H,11H2,1-2H3,(H,19,20). The van der Waals surface area contributed by atoms with E-state index in [0.717, 1.165) is 11.3 Å². The highest BCUT2D eigenvalue weighted by Gasteiger charge is 2.12. The van der Waals surface area contributed by atoms with Gasteiger partial charge in [-0.25, -0.2) is 0 Å². The van der Waals surface area contributed by atoms with Gasteiger partial charge in [0.15, 0.2) is 0 Å². The number of hydrogen-bond donors (Lipinski definition) is 1. The summed E-state index contributed by atoms with van der Waals surface area (Å²) in [5.74, 6) is 0.283. The Balaban J connectivity index is 1.99. The molecular formula is C17H18INO. The second-order valence-corrected chi connectivity index (χ2v) is 6.27. The molecule has 0 aliphatic heterocycles. The number of aryl methyl sites for hydroxylation is 1. The molecule has 0 fully saturated rings. The molecule has 0 bridgehead atoms. The van der Waals surface area contributed by atoms with E-state index in [0.29, 0.717) is 6.42 Å². The van der Waals surface area contributed by atoms with Crippen molar-refractivity contribution in [3.05, 3.63) is 63.2 Å². The molecule has 0 aliphatic rings. The van der Waals surface area contributed by atoms with Crippen molar-refractivity contribution in [1.82, 2.24) is 0 Å². The summed E-state index contributed by atoms with van der Waals surface area (Å²) < 4.78 is 1.18. The van der Waals surface area contributed by atoms with Gasteiger partial charge in [-0.2, -0.15) is 0 Å². The van der Waals surface area contributed by atoms with E-state index < -0.39 is 0 Å². The quantitative estimate of drug-likeness (QED) is 0.765. The Bertz CT molecular complexity index is 595. The predicted molar refractivity (Wildman–Crippen MR) is 92.0 cm³/mol. The number of benzene rings is 2. The lowest BCUT2D eigenvalue weighted by molar-refractivity contribution is -0.116. The van der Waals surface area contributed by atoms with Crippen LogP contribution in [0, 0.1) is 10.5 Å². The Morgan fingerprint density at radius 1 is 1.20 bits per heavy atom. The molecule has 1 unspecified atom stereocenters. The number of rotatable bonds is 4. The minimum absolute atomic E-state index is 0.0608. The molecule has 1 atom stereocenters. The molecule has 0 saturated heterocycles. The minimum atomic E-state index is 0.0608. The number of hydrogen-bond acceptors (Lipinski definition) is 1. The van der Waals surface area contributed by atoms with Gasteiger partial charge in [0, 0.05) is 15.7 Å². The molecule has 0 saturated carbocycles. The van der Waals surface area contributed by atoms with Gasteiger partial charge in [0.1, 0.15) is 0 Å². The molecule has 0 aromatic heterocycles. The average molecular weight is 379 g/mol. The molecule has 104 valence electrons. The molecular weight excluding hydrogens is 361 g/mol. The fourth-order valence-electron chi connectivity index (χ4n) is 2.15. The predicted octanol–water partition coefficient (Wildman–Crippen LogP) is 4.73. The van der Waals surface area contributed by atoms with E-state index in [1.54, 1.807) is 0 Å². The van der Waals surface area contributed by atoms with Crippen LogP contribution in [0.5, 0.6) is 0 Å². The van der Waals surface area contributed by atoms with E-state index in [2.05, 4.69) is 53.0 Å². The number of carbonyl (C=O) groups is 1. The summed E-state index contributed by atoms with van der Waals surface area (Å²) in [6, 6.07) is 16.2. The third kappa shape index (κ3) is 4.07. The zero-order valence-corrected chi connectivity index (χ0v) is 13.8. The topological polar surface area (TPSA) is 29.1 Å². The molecule has 2 nitrogen and oxygen atoms in total. The highest BCUT2D eigenvalue weighted by atomic mass is 127. The molecule has 2 aromatic carbocycles. The Labute approximate surface area is 133 Å². The number of carbonyl (C=O) groups excluding carboxylic acids is 1. The van der Waals surface area contributed by atoms with Crippen LogP contribution in [-0.2, 0) is 4.79 Å². The Morgan fingerprint density at radius 3 is 2.55 bits per heavy atom. The Morgan fingerprint density at radius 2 is 1.90 bits per heavy atom. The van der Waals surface area contributed by atoms with Crippen LogP contribution in [0.2, 0.25) is 0 Å². The first-order valence-electron chi connectivity index (χ1n) is 6.67. The molecule has 0 aliphatic carbocycles. The van der Waals surface area contributed by atoms with Gasteiger partial charge in [-0.05, 0) is 64.8 Å². The second kappa shape index (κ2) is 6.88. The number of halogens is 1. The summed E-state index contributed by atoms with van der Waals surface area (Å²) in [5, 5.41) is 3.00.